The minimum Gasteiger partial charge on any atom is -0.355 e. The van der Waals surface area contributed by atoms with Crippen LogP contribution in [-0.2, 0) is 17.7 Å². The molecule has 0 aromatic carbocycles. The van der Waals surface area contributed by atoms with Crippen LogP contribution in [0.5, 0.6) is 0 Å². The molecule has 0 atom stereocenters. The first-order chi connectivity index (χ1) is 5.83. The van der Waals surface area contributed by atoms with E-state index >= 15 is 0 Å². The average Bonchev–Trinajstić information content (AvgIpc) is 2.55. The van der Waals surface area contributed by atoms with Crippen LogP contribution in [0.3, 0.4) is 0 Å². The molecule has 1 aliphatic rings. The van der Waals surface area contributed by atoms with Gasteiger partial charge < -0.3 is 23.4 Å². The van der Waals surface area contributed by atoms with Gasteiger partial charge in [0.15, 0.2) is 0 Å². The van der Waals surface area contributed by atoms with Crippen molar-refractivity contribution >= 4 is 9.05 Å². The Morgan fingerprint density at radius 1 is 1.42 bits per heavy atom. The number of rotatable bonds is 5. The molecule has 6 heteroatoms. The highest BCUT2D eigenvalue weighted by Gasteiger charge is 2.48. The molecule has 0 aromatic rings. The fourth-order valence-corrected chi connectivity index (χ4v) is 2.58. The summed E-state index contributed by atoms with van der Waals surface area (Å²) in [6.07, 6.45) is 0.796. The van der Waals surface area contributed by atoms with Crippen molar-refractivity contribution in [3.05, 3.63) is 0 Å². The maximum atomic E-state index is 5.37. The quantitative estimate of drug-likeness (QED) is 0.470. The molecule has 0 amide bonds. The zero-order valence-corrected chi connectivity index (χ0v) is 8.25. The molecule has 1 saturated heterocycles. The van der Waals surface area contributed by atoms with E-state index in [4.69, 9.17) is 23.4 Å². The first-order valence-corrected chi connectivity index (χ1v) is 5.63. The van der Waals surface area contributed by atoms with E-state index in [1.54, 1.807) is 7.11 Å². The monoisotopic (exact) mass is 193 g/mol. The summed E-state index contributed by atoms with van der Waals surface area (Å²) in [7, 11) is -1.16. The minimum absolute atomic E-state index is 0.538. The van der Waals surface area contributed by atoms with Gasteiger partial charge in [-0.1, -0.05) is 0 Å². The zero-order valence-electron chi connectivity index (χ0n) is 7.25. The maximum Gasteiger partial charge on any atom is 0.679 e. The van der Waals surface area contributed by atoms with Crippen LogP contribution in [0.15, 0.2) is 0 Å². The van der Waals surface area contributed by atoms with E-state index in [-0.39, 0.29) is 0 Å². The summed E-state index contributed by atoms with van der Waals surface area (Å²) in [4.78, 5) is 0. The third-order valence-corrected chi connectivity index (χ3v) is 3.69. The first-order valence-electron chi connectivity index (χ1n) is 4.00. The molecule has 2 N–H and O–H groups in total. The van der Waals surface area contributed by atoms with Crippen LogP contribution < -0.4 is 5.73 Å². The third kappa shape index (κ3) is 2.51. The van der Waals surface area contributed by atoms with Gasteiger partial charge in [-0.05, 0) is 13.0 Å². The van der Waals surface area contributed by atoms with E-state index in [0.29, 0.717) is 26.4 Å². The van der Waals surface area contributed by atoms with Gasteiger partial charge in [-0.3, -0.25) is 0 Å². The normalized spacial score (nSPS) is 21.5. The molecular weight excluding hydrogens is 178 g/mol. The Labute approximate surface area is 73.2 Å². The standard InChI is InChI=1S/C6H15NO4Si/c1-8-12(9-4-2-3-7)10-5-6-11-12/h2-7H2,1H3. The van der Waals surface area contributed by atoms with Gasteiger partial charge in [0.2, 0.25) is 0 Å². The van der Waals surface area contributed by atoms with Crippen molar-refractivity contribution in [3.63, 3.8) is 0 Å². The van der Waals surface area contributed by atoms with Gasteiger partial charge in [-0.15, -0.1) is 0 Å². The molecule has 0 unspecified atom stereocenters. The topological polar surface area (TPSA) is 62.9 Å². The van der Waals surface area contributed by atoms with Crippen LogP contribution in [0, 0.1) is 0 Å². The van der Waals surface area contributed by atoms with Crippen molar-refractivity contribution in [3.8, 4) is 0 Å². The summed E-state index contributed by atoms with van der Waals surface area (Å²) in [6, 6.07) is 0. The van der Waals surface area contributed by atoms with Gasteiger partial charge in [0, 0.05) is 13.7 Å². The van der Waals surface area contributed by atoms with Gasteiger partial charge in [0.25, 0.3) is 0 Å². The van der Waals surface area contributed by atoms with Crippen LogP contribution in [0.25, 0.3) is 0 Å². The van der Waals surface area contributed by atoms with Crippen molar-refractivity contribution in [1.29, 1.82) is 0 Å². The molecule has 72 valence electrons. The molecule has 1 aliphatic heterocycles. The van der Waals surface area contributed by atoms with Crippen LogP contribution in [0.1, 0.15) is 6.42 Å². The molecule has 5 nitrogen and oxygen atoms in total. The Balaban J connectivity index is 2.24. The molecule has 1 rings (SSSR count). The van der Waals surface area contributed by atoms with Crippen molar-refractivity contribution in [1.82, 2.24) is 0 Å². The van der Waals surface area contributed by atoms with Gasteiger partial charge in [-0.2, -0.15) is 0 Å². The Kier molecular flexibility index (Phi) is 4.13. The second kappa shape index (κ2) is 4.90. The summed E-state index contributed by atoms with van der Waals surface area (Å²) in [5.41, 5.74) is 5.31. The highest BCUT2D eigenvalue weighted by atomic mass is 28.4. The Bertz CT molecular complexity index is 129. The first kappa shape index (κ1) is 10.1. The highest BCUT2D eigenvalue weighted by Crippen LogP contribution is 2.15. The summed E-state index contributed by atoms with van der Waals surface area (Å²) in [6.45, 7) is 2.26. The lowest BCUT2D eigenvalue weighted by molar-refractivity contribution is 0.0391. The van der Waals surface area contributed by atoms with Crippen LogP contribution in [0.4, 0.5) is 0 Å². The van der Waals surface area contributed by atoms with E-state index in [9.17, 15) is 0 Å². The lowest BCUT2D eigenvalue weighted by Gasteiger charge is -2.18. The van der Waals surface area contributed by atoms with Crippen LogP contribution >= 0.6 is 0 Å². The van der Waals surface area contributed by atoms with E-state index in [2.05, 4.69) is 0 Å². The number of nitrogens with two attached hydrogens (primary N) is 1. The molecule has 1 heterocycles. The molecule has 0 spiro atoms. The largest absolute Gasteiger partial charge is 0.679 e. The Morgan fingerprint density at radius 2 is 2.08 bits per heavy atom. The lowest BCUT2D eigenvalue weighted by Crippen LogP contribution is -2.43. The minimum atomic E-state index is -2.70. The molecule has 12 heavy (non-hydrogen) atoms. The van der Waals surface area contributed by atoms with Crippen molar-refractivity contribution < 1.29 is 17.7 Å². The van der Waals surface area contributed by atoms with E-state index < -0.39 is 9.05 Å². The smallest absolute Gasteiger partial charge is 0.355 e. The van der Waals surface area contributed by atoms with Crippen molar-refractivity contribution in [2.24, 2.45) is 5.73 Å². The summed E-state index contributed by atoms with van der Waals surface area (Å²) >= 11 is 0. The third-order valence-electron chi connectivity index (χ3n) is 1.52. The molecule has 0 radical (unpaired) electrons. The van der Waals surface area contributed by atoms with E-state index in [0.717, 1.165) is 6.42 Å². The van der Waals surface area contributed by atoms with Crippen LogP contribution in [0.2, 0.25) is 0 Å². The average molecular weight is 193 g/mol. The maximum absolute atomic E-state index is 5.37. The van der Waals surface area contributed by atoms with Crippen molar-refractivity contribution in [2.75, 3.05) is 33.5 Å². The van der Waals surface area contributed by atoms with Gasteiger partial charge >= 0.3 is 9.05 Å². The molecule has 0 bridgehead atoms. The zero-order chi connectivity index (χ0) is 8.86. The summed E-state index contributed by atoms with van der Waals surface area (Å²) in [5.74, 6) is 0. The summed E-state index contributed by atoms with van der Waals surface area (Å²) in [5, 5.41) is 0. The Hall–Kier alpha value is 0.0169. The molecule has 0 aromatic heterocycles. The van der Waals surface area contributed by atoms with Gasteiger partial charge in [-0.25, -0.2) is 0 Å². The summed E-state index contributed by atoms with van der Waals surface area (Å²) < 4.78 is 21.0. The van der Waals surface area contributed by atoms with Crippen molar-refractivity contribution in [2.45, 2.75) is 6.42 Å². The molecule has 0 saturated carbocycles. The van der Waals surface area contributed by atoms with Gasteiger partial charge in [0.05, 0.1) is 13.2 Å². The fourth-order valence-electron chi connectivity index (χ4n) is 0.916. The van der Waals surface area contributed by atoms with Crippen LogP contribution in [-0.4, -0.2) is 42.5 Å². The Morgan fingerprint density at radius 3 is 2.58 bits per heavy atom. The van der Waals surface area contributed by atoms with E-state index in [1.807, 2.05) is 0 Å². The molecule has 1 fully saturated rings. The predicted molar refractivity (Wildman–Crippen MR) is 44.3 cm³/mol. The lowest BCUT2D eigenvalue weighted by atomic mass is 10.5. The highest BCUT2D eigenvalue weighted by molar-refractivity contribution is 6.53. The second-order valence-corrected chi connectivity index (χ2v) is 4.67. The predicted octanol–water partition coefficient (Wildman–Crippen LogP) is -0.519. The number of hydrogen-bond acceptors (Lipinski definition) is 5. The van der Waals surface area contributed by atoms with Gasteiger partial charge in [0.1, 0.15) is 0 Å². The SMILES string of the molecule is CO[Si]1(OCCCN)OCCO1. The van der Waals surface area contributed by atoms with E-state index in [1.165, 1.54) is 0 Å². The second-order valence-electron chi connectivity index (χ2n) is 2.39. The number of hydrogen-bond donors (Lipinski definition) is 1. The molecule has 0 aliphatic carbocycles. The molecular formula is C6H15NO4Si. The fraction of sp³-hybridized carbons (Fsp3) is 1.00.